The Kier molecular flexibility index (Phi) is 2.76. The summed E-state index contributed by atoms with van der Waals surface area (Å²) in [6.07, 6.45) is 1.90. The Hall–Kier alpha value is -1.88. The number of pyridine rings is 1. The first-order chi connectivity index (χ1) is 8.76. The number of halogens is 1. The fraction of sp³-hybridized carbons (Fsp3) is 0.0769. The largest absolute Gasteiger partial charge is 0.388 e. The van der Waals surface area contributed by atoms with Crippen molar-refractivity contribution in [2.75, 3.05) is 12.4 Å². The van der Waals surface area contributed by atoms with Crippen LogP contribution in [0.2, 0.25) is 0 Å². The summed E-state index contributed by atoms with van der Waals surface area (Å²) >= 11 is 3.42. The van der Waals surface area contributed by atoms with E-state index in [2.05, 4.69) is 31.3 Å². The van der Waals surface area contributed by atoms with Crippen molar-refractivity contribution >= 4 is 27.3 Å². The van der Waals surface area contributed by atoms with Gasteiger partial charge in [0, 0.05) is 29.0 Å². The molecule has 0 aliphatic carbocycles. The van der Waals surface area contributed by atoms with E-state index in [1.165, 1.54) is 0 Å². The minimum atomic E-state index is 0.732. The van der Waals surface area contributed by atoms with E-state index in [0.29, 0.717) is 0 Å². The molecule has 3 aromatic rings. The molecular formula is C13H11BrN4. The highest BCUT2D eigenvalue weighted by atomic mass is 79.9. The van der Waals surface area contributed by atoms with Gasteiger partial charge in [-0.1, -0.05) is 0 Å². The van der Waals surface area contributed by atoms with Crippen molar-refractivity contribution in [1.29, 1.82) is 0 Å². The predicted octanol–water partition coefficient (Wildman–Crippen LogP) is 3.20. The highest BCUT2D eigenvalue weighted by molar-refractivity contribution is 9.10. The second-order valence-corrected chi connectivity index (χ2v) is 4.83. The van der Waals surface area contributed by atoms with Crippen molar-refractivity contribution in [2.45, 2.75) is 0 Å². The quantitative estimate of drug-likeness (QED) is 0.790. The van der Waals surface area contributed by atoms with Gasteiger partial charge in [-0.25, -0.2) is 9.50 Å². The smallest absolute Gasteiger partial charge is 0.182 e. The van der Waals surface area contributed by atoms with Crippen molar-refractivity contribution in [3.8, 4) is 11.4 Å². The fourth-order valence-electron chi connectivity index (χ4n) is 1.77. The van der Waals surface area contributed by atoms with Crippen LogP contribution in [0.25, 0.3) is 17.0 Å². The lowest BCUT2D eigenvalue weighted by Crippen LogP contribution is -1.88. The number of aromatic nitrogens is 3. The van der Waals surface area contributed by atoms with Crippen molar-refractivity contribution in [3.05, 3.63) is 47.1 Å². The van der Waals surface area contributed by atoms with Crippen LogP contribution in [0.4, 0.5) is 5.69 Å². The molecule has 0 saturated heterocycles. The molecule has 0 saturated carbocycles. The van der Waals surface area contributed by atoms with Gasteiger partial charge in [-0.3, -0.25) is 0 Å². The van der Waals surface area contributed by atoms with Gasteiger partial charge in [0.05, 0.1) is 0 Å². The number of rotatable bonds is 2. The van der Waals surface area contributed by atoms with E-state index in [4.69, 9.17) is 0 Å². The van der Waals surface area contributed by atoms with Gasteiger partial charge in [0.2, 0.25) is 0 Å². The third kappa shape index (κ3) is 1.97. The van der Waals surface area contributed by atoms with Crippen LogP contribution in [-0.4, -0.2) is 21.6 Å². The molecule has 18 heavy (non-hydrogen) atoms. The topological polar surface area (TPSA) is 42.2 Å². The van der Waals surface area contributed by atoms with Gasteiger partial charge in [0.25, 0.3) is 0 Å². The van der Waals surface area contributed by atoms with Crippen LogP contribution in [0, 0.1) is 0 Å². The average Bonchev–Trinajstić information content (AvgIpc) is 2.81. The number of hydrogen-bond donors (Lipinski definition) is 1. The molecule has 1 aromatic carbocycles. The van der Waals surface area contributed by atoms with Crippen LogP contribution in [0.3, 0.4) is 0 Å². The molecule has 4 nitrogen and oxygen atoms in total. The van der Waals surface area contributed by atoms with Crippen LogP contribution < -0.4 is 5.32 Å². The first kappa shape index (κ1) is 11.2. The lowest BCUT2D eigenvalue weighted by molar-refractivity contribution is 0.961. The standard InChI is InChI=1S/C13H11BrN4/c1-15-11-5-2-9(3-6-11)13-16-12-7-4-10(14)8-18(12)17-13/h2-8,15H,1H3. The maximum Gasteiger partial charge on any atom is 0.182 e. The molecule has 0 bridgehead atoms. The minimum Gasteiger partial charge on any atom is -0.388 e. The molecular weight excluding hydrogens is 292 g/mol. The van der Waals surface area contributed by atoms with Crippen LogP contribution >= 0.6 is 15.9 Å². The fourth-order valence-corrected chi connectivity index (χ4v) is 2.09. The van der Waals surface area contributed by atoms with Crippen molar-refractivity contribution in [2.24, 2.45) is 0 Å². The van der Waals surface area contributed by atoms with Crippen molar-refractivity contribution in [3.63, 3.8) is 0 Å². The predicted molar refractivity (Wildman–Crippen MR) is 75.7 cm³/mol. The molecule has 0 atom stereocenters. The molecule has 0 aliphatic heterocycles. The normalized spacial score (nSPS) is 10.8. The molecule has 0 unspecified atom stereocenters. The van der Waals surface area contributed by atoms with Crippen LogP contribution in [0.5, 0.6) is 0 Å². The lowest BCUT2D eigenvalue weighted by atomic mass is 10.2. The van der Waals surface area contributed by atoms with Gasteiger partial charge in [0.15, 0.2) is 11.5 Å². The number of benzene rings is 1. The Morgan fingerprint density at radius 1 is 1.11 bits per heavy atom. The number of hydrogen-bond acceptors (Lipinski definition) is 3. The maximum atomic E-state index is 4.49. The Bertz CT molecular complexity index is 688. The van der Waals surface area contributed by atoms with Crippen molar-refractivity contribution in [1.82, 2.24) is 14.6 Å². The van der Waals surface area contributed by atoms with E-state index >= 15 is 0 Å². The van der Waals surface area contributed by atoms with Crippen molar-refractivity contribution < 1.29 is 0 Å². The summed E-state index contributed by atoms with van der Waals surface area (Å²) in [7, 11) is 1.90. The molecule has 2 heterocycles. The molecule has 5 heteroatoms. The van der Waals surface area contributed by atoms with Gasteiger partial charge >= 0.3 is 0 Å². The van der Waals surface area contributed by atoms with E-state index < -0.39 is 0 Å². The average molecular weight is 303 g/mol. The highest BCUT2D eigenvalue weighted by Crippen LogP contribution is 2.19. The van der Waals surface area contributed by atoms with Gasteiger partial charge in [-0.15, -0.1) is 5.10 Å². The second-order valence-electron chi connectivity index (χ2n) is 3.91. The number of fused-ring (bicyclic) bond motifs is 1. The van der Waals surface area contributed by atoms with E-state index in [0.717, 1.165) is 27.2 Å². The second kappa shape index (κ2) is 4.42. The van der Waals surface area contributed by atoms with E-state index in [1.54, 1.807) is 4.52 Å². The summed E-state index contributed by atoms with van der Waals surface area (Å²) in [6.45, 7) is 0. The molecule has 1 N–H and O–H groups in total. The van der Waals surface area contributed by atoms with Crippen LogP contribution in [0.15, 0.2) is 47.1 Å². The third-order valence-electron chi connectivity index (χ3n) is 2.73. The molecule has 90 valence electrons. The Morgan fingerprint density at radius 2 is 1.89 bits per heavy atom. The molecule has 0 radical (unpaired) electrons. The van der Waals surface area contributed by atoms with Crippen LogP contribution in [0.1, 0.15) is 0 Å². The third-order valence-corrected chi connectivity index (χ3v) is 3.20. The minimum absolute atomic E-state index is 0.732. The SMILES string of the molecule is CNc1ccc(-c2nc3ccc(Br)cn3n2)cc1. The lowest BCUT2D eigenvalue weighted by Gasteiger charge is -1.99. The van der Waals surface area contributed by atoms with Gasteiger partial charge in [0.1, 0.15) is 0 Å². The zero-order chi connectivity index (χ0) is 12.5. The summed E-state index contributed by atoms with van der Waals surface area (Å²) in [5.74, 6) is 0.732. The Balaban J connectivity index is 2.07. The molecule has 2 aromatic heterocycles. The first-order valence-electron chi connectivity index (χ1n) is 5.56. The number of nitrogens with one attached hydrogen (secondary N) is 1. The van der Waals surface area contributed by atoms with Gasteiger partial charge in [-0.2, -0.15) is 0 Å². The Morgan fingerprint density at radius 3 is 2.61 bits per heavy atom. The summed E-state index contributed by atoms with van der Waals surface area (Å²) < 4.78 is 2.75. The number of anilines is 1. The van der Waals surface area contributed by atoms with Crippen LogP contribution in [-0.2, 0) is 0 Å². The monoisotopic (exact) mass is 302 g/mol. The molecule has 3 rings (SSSR count). The van der Waals surface area contributed by atoms with Gasteiger partial charge < -0.3 is 5.32 Å². The molecule has 0 spiro atoms. The summed E-state index contributed by atoms with van der Waals surface area (Å²) in [5.41, 5.74) is 2.92. The van der Waals surface area contributed by atoms with Gasteiger partial charge in [-0.05, 0) is 52.3 Å². The summed E-state index contributed by atoms with van der Waals surface area (Å²) in [5, 5.41) is 7.54. The molecule has 0 amide bonds. The Labute approximate surface area is 113 Å². The first-order valence-corrected chi connectivity index (χ1v) is 6.36. The van der Waals surface area contributed by atoms with E-state index in [1.807, 2.05) is 49.6 Å². The van der Waals surface area contributed by atoms with E-state index in [-0.39, 0.29) is 0 Å². The summed E-state index contributed by atoms with van der Waals surface area (Å²) in [4.78, 5) is 4.49. The summed E-state index contributed by atoms with van der Waals surface area (Å²) in [6, 6.07) is 11.9. The van der Waals surface area contributed by atoms with E-state index in [9.17, 15) is 0 Å². The highest BCUT2D eigenvalue weighted by Gasteiger charge is 2.06. The zero-order valence-corrected chi connectivity index (χ0v) is 11.3. The molecule has 0 fully saturated rings. The maximum absolute atomic E-state index is 4.49. The molecule has 0 aliphatic rings. The zero-order valence-electron chi connectivity index (χ0n) is 9.76. The number of nitrogens with zero attached hydrogens (tertiary/aromatic N) is 3.